The van der Waals surface area contributed by atoms with Crippen molar-refractivity contribution in [2.45, 2.75) is 18.6 Å². The molecule has 0 unspecified atom stereocenters. The summed E-state index contributed by atoms with van der Waals surface area (Å²) in [5.74, 6) is 0.0528. The molecule has 4 heteroatoms. The molecule has 0 heterocycles. The number of carbonyl (C=O) groups is 1. The van der Waals surface area contributed by atoms with Crippen LogP contribution in [-0.4, -0.2) is 14.2 Å². The largest absolute Gasteiger partial charge is 0.294 e. The summed E-state index contributed by atoms with van der Waals surface area (Å²) in [5, 5.41) is 0. The first-order chi connectivity index (χ1) is 6.68. The van der Waals surface area contributed by atoms with E-state index in [1.807, 2.05) is 12.1 Å². The fraction of sp³-hybridized carbons (Fsp3) is 0.300. The van der Waals surface area contributed by atoms with E-state index in [1.54, 1.807) is 6.07 Å². The molecule has 0 saturated heterocycles. The molecule has 0 fully saturated rings. The number of fused-ring (bicyclic) bond motifs is 1. The summed E-state index contributed by atoms with van der Waals surface area (Å²) in [7, 11) is -2.45. The predicted octanol–water partition coefficient (Wildman–Crippen LogP) is 0.927. The lowest BCUT2D eigenvalue weighted by molar-refractivity contribution is 0.0994. The third-order valence-electron chi connectivity index (χ3n) is 2.44. The molecule has 74 valence electrons. The molecular weight excluding hydrogens is 200 g/mol. The number of rotatable bonds is 2. The number of thiol groups is 1. The lowest BCUT2D eigenvalue weighted by atomic mass is 10.0. The van der Waals surface area contributed by atoms with Crippen LogP contribution in [-0.2, 0) is 22.9 Å². The summed E-state index contributed by atoms with van der Waals surface area (Å²) in [6.45, 7) is 0. The Labute approximate surface area is 83.7 Å². The molecule has 0 radical (unpaired) electrons. The summed E-state index contributed by atoms with van der Waals surface area (Å²) in [6.07, 6.45) is 1.26. The smallest absolute Gasteiger partial charge is 0.163 e. The zero-order valence-electron chi connectivity index (χ0n) is 7.53. The summed E-state index contributed by atoms with van der Waals surface area (Å²) < 4.78 is 21.2. The van der Waals surface area contributed by atoms with Gasteiger partial charge in [-0.25, -0.2) is 8.42 Å². The van der Waals surface area contributed by atoms with Gasteiger partial charge in [-0.2, -0.15) is 0 Å². The van der Waals surface area contributed by atoms with Crippen molar-refractivity contribution in [3.63, 3.8) is 0 Å². The Morgan fingerprint density at radius 2 is 2.00 bits per heavy atom. The van der Waals surface area contributed by atoms with Crippen molar-refractivity contribution in [1.82, 2.24) is 0 Å². The van der Waals surface area contributed by atoms with E-state index < -0.39 is 10.7 Å². The molecule has 0 N–H and O–H groups in total. The Bertz CT molecular complexity index is 452. The van der Waals surface area contributed by atoms with Crippen LogP contribution in [0.25, 0.3) is 0 Å². The van der Waals surface area contributed by atoms with E-state index in [0.29, 0.717) is 17.5 Å². The van der Waals surface area contributed by atoms with Gasteiger partial charge in [0.1, 0.15) is 10.7 Å². The summed E-state index contributed by atoms with van der Waals surface area (Å²) in [6, 6.07) is 5.42. The monoisotopic (exact) mass is 210 g/mol. The van der Waals surface area contributed by atoms with Crippen LogP contribution in [0.2, 0.25) is 0 Å². The van der Waals surface area contributed by atoms with Gasteiger partial charge in [-0.1, -0.05) is 18.2 Å². The van der Waals surface area contributed by atoms with Gasteiger partial charge >= 0.3 is 0 Å². The van der Waals surface area contributed by atoms with E-state index in [2.05, 4.69) is 0 Å². The minimum Gasteiger partial charge on any atom is -0.294 e. The number of aryl methyl sites for hydroxylation is 1. The number of benzene rings is 1. The van der Waals surface area contributed by atoms with E-state index in [1.165, 1.54) is 0 Å². The SMILES string of the molecule is O=C1CCc2cccc(C[SH](=O)=O)c21. The number of ketones is 1. The number of hydrogen-bond acceptors (Lipinski definition) is 3. The number of carbonyl (C=O) groups excluding carboxylic acids is 1. The van der Waals surface area contributed by atoms with Crippen LogP contribution in [0.1, 0.15) is 27.9 Å². The zero-order chi connectivity index (χ0) is 10.1. The van der Waals surface area contributed by atoms with Gasteiger partial charge in [-0.3, -0.25) is 4.79 Å². The molecule has 3 nitrogen and oxygen atoms in total. The first-order valence-electron chi connectivity index (χ1n) is 4.44. The standard InChI is InChI=1S/C10H10O3S/c11-9-5-4-7-2-1-3-8(10(7)9)6-14(12)13/h1-3,14H,4-6H2. The Morgan fingerprint density at radius 3 is 2.71 bits per heavy atom. The van der Waals surface area contributed by atoms with Crippen molar-refractivity contribution in [2.75, 3.05) is 0 Å². The van der Waals surface area contributed by atoms with Gasteiger partial charge in [-0.05, 0) is 17.5 Å². The molecular formula is C10H10O3S. The first kappa shape index (κ1) is 9.40. The molecule has 1 aliphatic rings. The summed E-state index contributed by atoms with van der Waals surface area (Å²) >= 11 is 0. The molecule has 0 bridgehead atoms. The highest BCUT2D eigenvalue weighted by Crippen LogP contribution is 2.25. The minimum absolute atomic E-state index is 0.0236. The van der Waals surface area contributed by atoms with Crippen molar-refractivity contribution >= 4 is 16.5 Å². The normalized spacial score (nSPS) is 14.8. The van der Waals surface area contributed by atoms with Crippen molar-refractivity contribution in [2.24, 2.45) is 0 Å². The van der Waals surface area contributed by atoms with Crippen molar-refractivity contribution in [3.8, 4) is 0 Å². The van der Waals surface area contributed by atoms with Gasteiger partial charge in [0.05, 0.1) is 5.75 Å². The molecule has 1 aromatic carbocycles. The molecule has 2 rings (SSSR count). The van der Waals surface area contributed by atoms with Crippen molar-refractivity contribution in [3.05, 3.63) is 34.9 Å². The second kappa shape index (κ2) is 3.53. The van der Waals surface area contributed by atoms with Gasteiger partial charge < -0.3 is 0 Å². The molecule has 0 spiro atoms. The summed E-state index contributed by atoms with van der Waals surface area (Å²) in [5.41, 5.74) is 2.29. The Hall–Kier alpha value is -1.16. The minimum atomic E-state index is -2.45. The molecule has 0 atom stereocenters. The van der Waals surface area contributed by atoms with E-state index in [0.717, 1.165) is 12.0 Å². The van der Waals surface area contributed by atoms with Gasteiger partial charge in [0, 0.05) is 12.0 Å². The second-order valence-corrected chi connectivity index (χ2v) is 4.35. The lowest BCUT2D eigenvalue weighted by Crippen LogP contribution is -1.99. The van der Waals surface area contributed by atoms with Crippen LogP contribution in [0.4, 0.5) is 0 Å². The highest BCUT2D eigenvalue weighted by Gasteiger charge is 2.22. The first-order valence-corrected chi connectivity index (χ1v) is 5.80. The Balaban J connectivity index is 2.51. The highest BCUT2D eigenvalue weighted by molar-refractivity contribution is 7.71. The van der Waals surface area contributed by atoms with Gasteiger partial charge in [0.2, 0.25) is 0 Å². The molecule has 1 aromatic rings. The van der Waals surface area contributed by atoms with E-state index >= 15 is 0 Å². The maximum atomic E-state index is 11.5. The average molecular weight is 210 g/mol. The molecule has 0 aromatic heterocycles. The third kappa shape index (κ3) is 1.57. The van der Waals surface area contributed by atoms with Crippen LogP contribution in [0, 0.1) is 0 Å². The lowest BCUT2D eigenvalue weighted by Gasteiger charge is -2.02. The van der Waals surface area contributed by atoms with Crippen LogP contribution < -0.4 is 0 Å². The van der Waals surface area contributed by atoms with Crippen LogP contribution in [0.5, 0.6) is 0 Å². The number of Topliss-reactive ketones (excluding diaryl/α,β-unsaturated/α-hetero) is 1. The van der Waals surface area contributed by atoms with Crippen LogP contribution >= 0.6 is 0 Å². The Morgan fingerprint density at radius 1 is 1.21 bits per heavy atom. The molecule has 14 heavy (non-hydrogen) atoms. The third-order valence-corrected chi connectivity index (χ3v) is 3.04. The zero-order valence-corrected chi connectivity index (χ0v) is 8.42. The fourth-order valence-electron chi connectivity index (χ4n) is 1.86. The second-order valence-electron chi connectivity index (χ2n) is 3.37. The van der Waals surface area contributed by atoms with Gasteiger partial charge in [-0.15, -0.1) is 0 Å². The van der Waals surface area contributed by atoms with Crippen molar-refractivity contribution < 1.29 is 13.2 Å². The number of hydrogen-bond donors (Lipinski definition) is 1. The fourth-order valence-corrected chi connectivity index (χ4v) is 2.41. The van der Waals surface area contributed by atoms with E-state index in [9.17, 15) is 13.2 Å². The predicted molar refractivity (Wildman–Crippen MR) is 53.1 cm³/mol. The van der Waals surface area contributed by atoms with Crippen LogP contribution in [0.15, 0.2) is 18.2 Å². The van der Waals surface area contributed by atoms with Gasteiger partial charge in [0.15, 0.2) is 5.78 Å². The van der Waals surface area contributed by atoms with E-state index in [-0.39, 0.29) is 11.5 Å². The maximum absolute atomic E-state index is 11.5. The molecule has 0 amide bonds. The van der Waals surface area contributed by atoms with E-state index in [4.69, 9.17) is 0 Å². The molecule has 0 saturated carbocycles. The quantitative estimate of drug-likeness (QED) is 0.739. The molecule has 0 aliphatic heterocycles. The summed E-state index contributed by atoms with van der Waals surface area (Å²) in [4.78, 5) is 11.5. The molecule has 1 aliphatic carbocycles. The maximum Gasteiger partial charge on any atom is 0.163 e. The van der Waals surface area contributed by atoms with Crippen molar-refractivity contribution in [1.29, 1.82) is 0 Å². The average Bonchev–Trinajstić information content (AvgIpc) is 2.48. The van der Waals surface area contributed by atoms with Crippen LogP contribution in [0.3, 0.4) is 0 Å². The highest BCUT2D eigenvalue weighted by atomic mass is 32.2. The topological polar surface area (TPSA) is 51.2 Å². The Kier molecular flexibility index (Phi) is 2.37. The van der Waals surface area contributed by atoms with Gasteiger partial charge in [0.25, 0.3) is 0 Å².